The first-order valence-corrected chi connectivity index (χ1v) is 7.52. The van der Waals surface area contributed by atoms with Gasteiger partial charge >= 0.3 is 0 Å². The maximum Gasteiger partial charge on any atom is 0.246 e. The lowest BCUT2D eigenvalue weighted by Gasteiger charge is -2.19. The van der Waals surface area contributed by atoms with Crippen LogP contribution in [-0.4, -0.2) is 60.6 Å². The van der Waals surface area contributed by atoms with E-state index in [1.165, 1.54) is 27.7 Å². The average molecular weight is 343 g/mol. The molecule has 0 bridgehead atoms. The monoisotopic (exact) mass is 343 g/mol. The second kappa shape index (κ2) is 10.5. The van der Waals surface area contributed by atoms with Crippen molar-refractivity contribution >= 4 is 29.3 Å². The molecule has 24 heavy (non-hydrogen) atoms. The van der Waals surface area contributed by atoms with Crippen LogP contribution in [0, 0.1) is 0 Å². The molecule has 0 aliphatic heterocycles. The minimum Gasteiger partial charge on any atom is -0.364 e. The molecule has 0 aromatic carbocycles. The highest BCUT2D eigenvalue weighted by atomic mass is 16.5. The van der Waals surface area contributed by atoms with E-state index in [1.54, 1.807) is 6.92 Å². The second-order valence-corrected chi connectivity index (χ2v) is 5.56. The molecule has 0 aliphatic carbocycles. The molecule has 3 unspecified atom stereocenters. The Morgan fingerprint density at radius 2 is 1.21 bits per heavy atom. The molecule has 3 amide bonds. The van der Waals surface area contributed by atoms with Gasteiger partial charge in [-0.15, -0.1) is 0 Å². The molecule has 3 atom stereocenters. The van der Waals surface area contributed by atoms with Gasteiger partial charge in [0, 0.05) is 0 Å². The molecule has 3 N–H and O–H groups in total. The van der Waals surface area contributed by atoms with Crippen molar-refractivity contribution in [1.82, 2.24) is 16.0 Å². The van der Waals surface area contributed by atoms with E-state index in [-0.39, 0.29) is 24.8 Å². The number of Topliss-reactive ketones (excluding diaryl/α,β-unsaturated/α-hetero) is 2. The van der Waals surface area contributed by atoms with Gasteiger partial charge in [-0.1, -0.05) is 0 Å². The van der Waals surface area contributed by atoms with Gasteiger partial charge in [-0.2, -0.15) is 0 Å². The molecule has 0 spiro atoms. The minimum atomic E-state index is -0.890. The van der Waals surface area contributed by atoms with Crippen LogP contribution in [0.15, 0.2) is 0 Å². The number of ether oxygens (including phenoxy) is 1. The van der Waals surface area contributed by atoms with Crippen molar-refractivity contribution in [3.05, 3.63) is 0 Å². The lowest BCUT2D eigenvalue weighted by molar-refractivity contribution is -0.134. The highest BCUT2D eigenvalue weighted by Gasteiger charge is 2.22. The Labute approximate surface area is 140 Å². The number of rotatable bonds is 10. The summed E-state index contributed by atoms with van der Waals surface area (Å²) in [5.74, 6) is -2.04. The minimum absolute atomic E-state index is 0.181. The Kier molecular flexibility index (Phi) is 9.48. The molecule has 0 radical (unpaired) electrons. The Morgan fingerprint density at radius 3 is 1.67 bits per heavy atom. The van der Waals surface area contributed by atoms with Gasteiger partial charge in [-0.25, -0.2) is 0 Å². The van der Waals surface area contributed by atoms with Crippen LogP contribution in [0.3, 0.4) is 0 Å². The first-order valence-electron chi connectivity index (χ1n) is 7.52. The van der Waals surface area contributed by atoms with Crippen LogP contribution >= 0.6 is 0 Å². The van der Waals surface area contributed by atoms with Crippen molar-refractivity contribution in [1.29, 1.82) is 0 Å². The molecule has 0 fully saturated rings. The quantitative estimate of drug-likeness (QED) is 0.452. The predicted molar refractivity (Wildman–Crippen MR) is 85.0 cm³/mol. The number of nitrogens with one attached hydrogen (secondary N) is 3. The van der Waals surface area contributed by atoms with Crippen LogP contribution < -0.4 is 16.0 Å². The third kappa shape index (κ3) is 8.99. The van der Waals surface area contributed by atoms with Crippen molar-refractivity contribution in [2.75, 3.05) is 13.2 Å². The van der Waals surface area contributed by atoms with Crippen LogP contribution in [0.25, 0.3) is 0 Å². The maximum atomic E-state index is 11.9. The van der Waals surface area contributed by atoms with Crippen LogP contribution in [-0.2, 0) is 28.7 Å². The Hall–Kier alpha value is -2.29. The summed E-state index contributed by atoms with van der Waals surface area (Å²) in [4.78, 5) is 57.1. The molecule has 0 heterocycles. The fourth-order valence-electron chi connectivity index (χ4n) is 1.48. The summed E-state index contributed by atoms with van der Waals surface area (Å²) >= 11 is 0. The zero-order chi connectivity index (χ0) is 18.9. The number of carbonyl (C=O) groups excluding carboxylic acids is 5. The molecule has 0 rings (SSSR count). The van der Waals surface area contributed by atoms with E-state index in [0.29, 0.717) is 0 Å². The van der Waals surface area contributed by atoms with Crippen LogP contribution in [0.1, 0.15) is 34.6 Å². The van der Waals surface area contributed by atoms with E-state index in [2.05, 4.69) is 16.0 Å². The largest absolute Gasteiger partial charge is 0.364 e. The summed E-state index contributed by atoms with van der Waals surface area (Å²) in [5, 5.41) is 7.28. The average Bonchev–Trinajstić information content (AvgIpc) is 2.46. The summed E-state index contributed by atoms with van der Waals surface area (Å²) in [6, 6.07) is -2.40. The number of ketones is 2. The van der Waals surface area contributed by atoms with Gasteiger partial charge in [0.2, 0.25) is 17.7 Å². The second-order valence-electron chi connectivity index (χ2n) is 5.56. The van der Waals surface area contributed by atoms with Gasteiger partial charge in [0.1, 0.15) is 25.3 Å². The molecule has 9 nitrogen and oxygen atoms in total. The van der Waals surface area contributed by atoms with Crippen molar-refractivity contribution in [2.24, 2.45) is 0 Å². The topological polar surface area (TPSA) is 131 Å². The zero-order valence-electron chi connectivity index (χ0n) is 14.6. The summed E-state index contributed by atoms with van der Waals surface area (Å²) in [6.07, 6.45) is 0. The lowest BCUT2D eigenvalue weighted by atomic mass is 10.2. The van der Waals surface area contributed by atoms with E-state index in [1.807, 2.05) is 0 Å². The lowest BCUT2D eigenvalue weighted by Crippen LogP contribution is -2.53. The first kappa shape index (κ1) is 21.7. The molecular weight excluding hydrogens is 318 g/mol. The zero-order valence-corrected chi connectivity index (χ0v) is 14.6. The van der Waals surface area contributed by atoms with Crippen molar-refractivity contribution in [2.45, 2.75) is 52.7 Å². The summed E-state index contributed by atoms with van der Waals surface area (Å²) < 4.78 is 4.83. The number of hydrogen-bond acceptors (Lipinski definition) is 6. The standard InChI is InChI=1S/C15H25N3O6/c1-8(19)6-24-7-13(21)16-10(3)14(22)18-11(4)15(23)17-9(2)12(5)20/h9-11H,6-7H2,1-5H3,(H,16,21)(H,17,23)(H,18,22). The summed E-state index contributed by atoms with van der Waals surface area (Å²) in [5.41, 5.74) is 0. The molecule has 0 aromatic rings. The van der Waals surface area contributed by atoms with Crippen LogP contribution in [0.5, 0.6) is 0 Å². The van der Waals surface area contributed by atoms with E-state index in [4.69, 9.17) is 4.74 Å². The molecule has 0 aromatic heterocycles. The van der Waals surface area contributed by atoms with Gasteiger partial charge in [0.05, 0.1) is 6.04 Å². The molecular formula is C15H25N3O6. The third-order valence-corrected chi connectivity index (χ3v) is 3.03. The van der Waals surface area contributed by atoms with Gasteiger partial charge in [0.15, 0.2) is 11.6 Å². The highest BCUT2D eigenvalue weighted by Crippen LogP contribution is 1.91. The normalized spacial score (nSPS) is 14.0. The number of hydrogen-bond donors (Lipinski definition) is 3. The van der Waals surface area contributed by atoms with Crippen molar-refractivity contribution < 1.29 is 28.7 Å². The molecule has 136 valence electrons. The van der Waals surface area contributed by atoms with Gasteiger partial charge < -0.3 is 20.7 Å². The molecule has 0 aliphatic rings. The summed E-state index contributed by atoms with van der Waals surface area (Å²) in [6.45, 7) is 6.60. The first-order chi connectivity index (χ1) is 11.0. The smallest absolute Gasteiger partial charge is 0.246 e. The van der Waals surface area contributed by atoms with E-state index >= 15 is 0 Å². The van der Waals surface area contributed by atoms with Gasteiger partial charge in [-0.05, 0) is 34.6 Å². The maximum absolute atomic E-state index is 11.9. The molecule has 0 saturated carbocycles. The van der Waals surface area contributed by atoms with Crippen LogP contribution in [0.2, 0.25) is 0 Å². The van der Waals surface area contributed by atoms with Gasteiger partial charge in [0.25, 0.3) is 0 Å². The Balaban J connectivity index is 4.29. The molecule has 9 heteroatoms. The fraction of sp³-hybridized carbons (Fsp3) is 0.667. The SMILES string of the molecule is CC(=O)COCC(=O)NC(C)C(=O)NC(C)C(=O)NC(C)C(C)=O. The highest BCUT2D eigenvalue weighted by molar-refractivity contribution is 5.93. The third-order valence-electron chi connectivity index (χ3n) is 3.03. The van der Waals surface area contributed by atoms with Crippen molar-refractivity contribution in [3.63, 3.8) is 0 Å². The van der Waals surface area contributed by atoms with Crippen LogP contribution in [0.4, 0.5) is 0 Å². The Bertz CT molecular complexity index is 505. The van der Waals surface area contributed by atoms with E-state index in [0.717, 1.165) is 0 Å². The van der Waals surface area contributed by atoms with Crippen molar-refractivity contribution in [3.8, 4) is 0 Å². The predicted octanol–water partition coefficient (Wildman–Crippen LogP) is -1.30. The fourth-order valence-corrected chi connectivity index (χ4v) is 1.48. The van der Waals surface area contributed by atoms with E-state index < -0.39 is 35.8 Å². The number of carbonyl (C=O) groups is 5. The molecule has 0 saturated heterocycles. The summed E-state index contributed by atoms with van der Waals surface area (Å²) in [7, 11) is 0. The van der Waals surface area contributed by atoms with E-state index in [9.17, 15) is 24.0 Å². The Morgan fingerprint density at radius 1 is 0.750 bits per heavy atom. The van der Waals surface area contributed by atoms with Gasteiger partial charge in [-0.3, -0.25) is 24.0 Å². The number of amides is 3.